The molecule has 228 valence electrons. The normalized spacial score (nSPS) is 11.7. The van der Waals surface area contributed by atoms with Gasteiger partial charge in [0.15, 0.2) is 0 Å². The van der Waals surface area contributed by atoms with E-state index in [1.807, 2.05) is 6.07 Å². The van der Waals surface area contributed by atoms with Crippen molar-refractivity contribution < 1.29 is 4.42 Å². The van der Waals surface area contributed by atoms with Crippen molar-refractivity contribution in [1.29, 1.82) is 0 Å². The molecule has 0 saturated carbocycles. The molecule has 0 amide bonds. The van der Waals surface area contributed by atoms with E-state index in [0.717, 1.165) is 27.5 Å². The first kappa shape index (κ1) is 27.7. The second kappa shape index (κ2) is 11.1. The van der Waals surface area contributed by atoms with Crippen LogP contribution in [-0.2, 0) is 0 Å². The van der Waals surface area contributed by atoms with Crippen molar-refractivity contribution in [2.24, 2.45) is 0 Å². The lowest BCUT2D eigenvalue weighted by molar-refractivity contribution is 0.670. The predicted molar refractivity (Wildman–Crippen MR) is 208 cm³/mol. The first-order valence-corrected chi connectivity index (χ1v) is 16.8. The molecule has 0 aliphatic carbocycles. The Labute approximate surface area is 284 Å². The minimum absolute atomic E-state index is 0.913. The summed E-state index contributed by atoms with van der Waals surface area (Å²) >= 11 is 0. The summed E-state index contributed by atoms with van der Waals surface area (Å²) in [5.74, 6) is 0. The summed E-state index contributed by atoms with van der Waals surface area (Å²) in [6, 6.07) is 65.7. The molecule has 0 unspecified atom stereocenters. The number of hydrogen-bond donors (Lipinski definition) is 0. The summed E-state index contributed by atoms with van der Waals surface area (Å²) < 4.78 is 6.58. The van der Waals surface area contributed by atoms with Gasteiger partial charge in [0.25, 0.3) is 0 Å². The Hall–Kier alpha value is -6.44. The number of fused-ring (bicyclic) bond motifs is 6. The molecule has 0 fully saturated rings. The third-order valence-corrected chi connectivity index (χ3v) is 10.1. The summed E-state index contributed by atoms with van der Waals surface area (Å²) in [5, 5.41) is 9.70. The molecule has 0 saturated heterocycles. The van der Waals surface area contributed by atoms with Gasteiger partial charge in [0, 0.05) is 21.9 Å². The molecular weight excluding hydrogens is 593 g/mol. The average molecular weight is 623 g/mol. The molecule has 0 aliphatic rings. The van der Waals surface area contributed by atoms with Crippen molar-refractivity contribution in [2.45, 2.75) is 0 Å². The van der Waals surface area contributed by atoms with Crippen LogP contribution >= 0.6 is 0 Å². The molecule has 0 atom stereocenters. The Balaban J connectivity index is 1.18. The number of para-hydroxylation sites is 2. The lowest BCUT2D eigenvalue weighted by Gasteiger charge is -2.18. The van der Waals surface area contributed by atoms with E-state index in [4.69, 9.17) is 4.42 Å². The zero-order chi connectivity index (χ0) is 32.3. The summed E-state index contributed by atoms with van der Waals surface area (Å²) in [6.07, 6.45) is 0. The van der Waals surface area contributed by atoms with Crippen LogP contribution in [0.25, 0.3) is 98.8 Å². The topological polar surface area (TPSA) is 13.1 Å². The van der Waals surface area contributed by atoms with E-state index in [0.29, 0.717) is 0 Å². The molecular formula is C48H30O. The Morgan fingerprint density at radius 2 is 0.755 bits per heavy atom. The van der Waals surface area contributed by atoms with E-state index in [2.05, 4.69) is 176 Å². The van der Waals surface area contributed by atoms with Crippen LogP contribution in [0, 0.1) is 0 Å². The van der Waals surface area contributed by atoms with Crippen LogP contribution in [0.2, 0.25) is 0 Å². The smallest absolute Gasteiger partial charge is 0.143 e. The molecule has 49 heavy (non-hydrogen) atoms. The Kier molecular flexibility index (Phi) is 6.25. The number of benzene rings is 9. The number of rotatable bonds is 4. The third-order valence-electron chi connectivity index (χ3n) is 10.1. The molecule has 1 aromatic heterocycles. The zero-order valence-corrected chi connectivity index (χ0v) is 26.7. The Morgan fingerprint density at radius 1 is 0.286 bits per heavy atom. The van der Waals surface area contributed by atoms with Gasteiger partial charge in [0.05, 0.1) is 0 Å². The van der Waals surface area contributed by atoms with Crippen LogP contribution in [0.4, 0.5) is 0 Å². The van der Waals surface area contributed by atoms with Crippen molar-refractivity contribution in [3.8, 4) is 44.5 Å². The molecule has 9 aromatic carbocycles. The maximum atomic E-state index is 6.58. The molecule has 10 rings (SSSR count). The van der Waals surface area contributed by atoms with Crippen molar-refractivity contribution in [1.82, 2.24) is 0 Å². The van der Waals surface area contributed by atoms with Gasteiger partial charge >= 0.3 is 0 Å². The number of furan rings is 1. The highest BCUT2D eigenvalue weighted by Gasteiger charge is 2.20. The van der Waals surface area contributed by atoms with Crippen LogP contribution in [-0.4, -0.2) is 0 Å². The van der Waals surface area contributed by atoms with Crippen LogP contribution < -0.4 is 0 Å². The van der Waals surface area contributed by atoms with E-state index >= 15 is 0 Å². The quantitative estimate of drug-likeness (QED) is 0.178. The van der Waals surface area contributed by atoms with Gasteiger partial charge in [-0.3, -0.25) is 0 Å². The highest BCUT2D eigenvalue weighted by atomic mass is 16.3. The summed E-state index contributed by atoms with van der Waals surface area (Å²) in [7, 11) is 0. The average Bonchev–Trinajstić information content (AvgIpc) is 3.56. The summed E-state index contributed by atoms with van der Waals surface area (Å²) in [6.45, 7) is 0. The number of hydrogen-bond acceptors (Lipinski definition) is 1. The molecule has 0 radical (unpaired) electrons. The van der Waals surface area contributed by atoms with Gasteiger partial charge in [-0.1, -0.05) is 164 Å². The molecule has 0 bridgehead atoms. The molecule has 10 aromatic rings. The third kappa shape index (κ3) is 4.40. The first-order valence-electron chi connectivity index (χ1n) is 16.8. The van der Waals surface area contributed by atoms with E-state index in [9.17, 15) is 0 Å². The van der Waals surface area contributed by atoms with Crippen LogP contribution in [0.15, 0.2) is 186 Å². The van der Waals surface area contributed by atoms with Crippen molar-refractivity contribution >= 4 is 54.3 Å². The van der Waals surface area contributed by atoms with Gasteiger partial charge in [-0.2, -0.15) is 0 Å². The summed E-state index contributed by atoms with van der Waals surface area (Å²) in [4.78, 5) is 0. The molecule has 1 nitrogen and oxygen atoms in total. The molecule has 1 heteroatoms. The van der Waals surface area contributed by atoms with Crippen molar-refractivity contribution in [3.05, 3.63) is 182 Å². The molecule has 1 heterocycles. The van der Waals surface area contributed by atoms with Crippen LogP contribution in [0.1, 0.15) is 0 Å². The summed E-state index contributed by atoms with van der Waals surface area (Å²) in [5.41, 5.74) is 11.5. The van der Waals surface area contributed by atoms with Crippen LogP contribution in [0.3, 0.4) is 0 Å². The van der Waals surface area contributed by atoms with Gasteiger partial charge in [-0.15, -0.1) is 0 Å². The highest BCUT2D eigenvalue weighted by Crippen LogP contribution is 2.47. The van der Waals surface area contributed by atoms with Gasteiger partial charge in [0.2, 0.25) is 0 Å². The fourth-order valence-electron chi connectivity index (χ4n) is 7.87. The fourth-order valence-corrected chi connectivity index (χ4v) is 7.87. The lowest BCUT2D eigenvalue weighted by Crippen LogP contribution is -1.91. The van der Waals surface area contributed by atoms with Crippen molar-refractivity contribution in [2.75, 3.05) is 0 Å². The second-order valence-electron chi connectivity index (χ2n) is 12.8. The molecule has 0 N–H and O–H groups in total. The minimum atomic E-state index is 0.913. The van der Waals surface area contributed by atoms with Gasteiger partial charge in [-0.25, -0.2) is 0 Å². The molecule has 0 spiro atoms. The Morgan fingerprint density at radius 3 is 1.49 bits per heavy atom. The van der Waals surface area contributed by atoms with Gasteiger partial charge < -0.3 is 4.42 Å². The van der Waals surface area contributed by atoms with E-state index in [1.54, 1.807) is 0 Å². The van der Waals surface area contributed by atoms with Crippen LogP contribution in [0.5, 0.6) is 0 Å². The van der Waals surface area contributed by atoms with Crippen molar-refractivity contribution in [3.63, 3.8) is 0 Å². The van der Waals surface area contributed by atoms with Gasteiger partial charge in [0.1, 0.15) is 11.2 Å². The molecule has 0 aliphatic heterocycles. The zero-order valence-electron chi connectivity index (χ0n) is 26.7. The standard InChI is InChI=1S/C48H30O/c1-2-19-36-31(13-1)14-11-25-37(36)34-17-9-15-32(29-34)33-16-10-18-35(30-33)46-39-21-3-5-23-41(39)47(42-24-6-4-22-40(42)46)44-27-12-26-43-38-20-7-8-28-45(38)49-48(43)44/h1-30H. The highest BCUT2D eigenvalue weighted by molar-refractivity contribution is 6.24. The Bertz CT molecular complexity index is 2830. The predicted octanol–water partition coefficient (Wildman–Crippen LogP) is 13.7. The van der Waals surface area contributed by atoms with E-state index in [1.165, 1.54) is 71.3 Å². The minimum Gasteiger partial charge on any atom is -0.455 e. The maximum absolute atomic E-state index is 6.58. The first-order chi connectivity index (χ1) is 24.3. The fraction of sp³-hybridized carbons (Fsp3) is 0. The largest absolute Gasteiger partial charge is 0.455 e. The second-order valence-corrected chi connectivity index (χ2v) is 12.8. The lowest BCUT2D eigenvalue weighted by atomic mass is 9.85. The van der Waals surface area contributed by atoms with E-state index < -0.39 is 0 Å². The monoisotopic (exact) mass is 622 g/mol. The van der Waals surface area contributed by atoms with E-state index in [-0.39, 0.29) is 0 Å². The SMILES string of the molecule is c1cc(-c2cccc(-c3c4ccccc4c(-c4cccc5c4oc4ccccc45)c4ccccc34)c2)cc(-c2cccc3ccccc23)c1. The van der Waals surface area contributed by atoms with Gasteiger partial charge in [-0.05, 0) is 83.9 Å². The maximum Gasteiger partial charge on any atom is 0.143 e.